The van der Waals surface area contributed by atoms with Crippen molar-refractivity contribution in [1.82, 2.24) is 20.9 Å². The molecule has 0 saturated heterocycles. The Bertz CT molecular complexity index is 851. The number of guanidine groups is 1. The van der Waals surface area contributed by atoms with Crippen molar-refractivity contribution in [3.8, 4) is 5.75 Å². The molecule has 0 aliphatic rings. The highest BCUT2D eigenvalue weighted by atomic mass is 16.5. The molecule has 0 radical (unpaired) electrons. The van der Waals surface area contributed by atoms with Crippen molar-refractivity contribution < 1.29 is 9.53 Å². The molecule has 0 spiro atoms. The minimum absolute atomic E-state index is 0.0646. The normalized spacial score (nSPS) is 11.3. The lowest BCUT2D eigenvalue weighted by Gasteiger charge is -2.14. The van der Waals surface area contributed by atoms with E-state index in [2.05, 4.69) is 20.9 Å². The van der Waals surface area contributed by atoms with Crippen LogP contribution < -0.4 is 20.7 Å². The first-order valence-corrected chi connectivity index (χ1v) is 10.8. The molecule has 0 unspecified atom stereocenters. The number of hydrogen-bond donors (Lipinski definition) is 3. The molecule has 2 rings (SSSR count). The van der Waals surface area contributed by atoms with Crippen LogP contribution in [-0.2, 0) is 13.1 Å². The Kier molecular flexibility index (Phi) is 10.4. The molecule has 0 saturated carbocycles. The zero-order chi connectivity index (χ0) is 22.5. The van der Waals surface area contributed by atoms with Crippen molar-refractivity contribution >= 4 is 11.9 Å². The van der Waals surface area contributed by atoms with E-state index < -0.39 is 0 Å². The highest BCUT2D eigenvalue weighted by molar-refractivity contribution is 5.94. The average Bonchev–Trinajstić information content (AvgIpc) is 2.76. The molecule has 0 bridgehead atoms. The van der Waals surface area contributed by atoms with Gasteiger partial charge in [0.2, 0.25) is 0 Å². The SMILES string of the molecule is CCNC(=NCc1cccc(C(=O)NCCN(C)C)c1)NCc1ccccc1OCC. The quantitative estimate of drug-likeness (QED) is 0.381. The molecule has 0 aliphatic carbocycles. The van der Waals surface area contributed by atoms with Crippen LogP contribution in [0.5, 0.6) is 5.75 Å². The number of carbonyl (C=O) groups is 1. The van der Waals surface area contributed by atoms with Crippen molar-refractivity contribution in [3.63, 3.8) is 0 Å². The summed E-state index contributed by atoms with van der Waals surface area (Å²) in [6.45, 7) is 7.90. The molecule has 168 valence electrons. The number of nitrogens with one attached hydrogen (secondary N) is 3. The molecule has 0 fully saturated rings. The van der Waals surface area contributed by atoms with Gasteiger partial charge in [0.25, 0.3) is 5.91 Å². The first kappa shape index (κ1) is 24.2. The summed E-state index contributed by atoms with van der Waals surface area (Å²) in [7, 11) is 3.96. The number of amides is 1. The molecule has 2 aromatic carbocycles. The molecule has 7 nitrogen and oxygen atoms in total. The third-order valence-electron chi connectivity index (χ3n) is 4.52. The number of carbonyl (C=O) groups excluding carboxylic acids is 1. The summed E-state index contributed by atoms with van der Waals surface area (Å²) in [6, 6.07) is 15.6. The molecule has 3 N–H and O–H groups in total. The van der Waals surface area contributed by atoms with Crippen LogP contribution in [0.3, 0.4) is 0 Å². The van der Waals surface area contributed by atoms with Gasteiger partial charge in [0.05, 0.1) is 13.2 Å². The Hall–Kier alpha value is -3.06. The molecule has 7 heteroatoms. The Labute approximate surface area is 185 Å². The fourth-order valence-corrected chi connectivity index (χ4v) is 2.94. The molecule has 0 aliphatic heterocycles. The molecule has 0 heterocycles. The lowest BCUT2D eigenvalue weighted by atomic mass is 10.1. The number of likely N-dealkylation sites (N-methyl/N-ethyl adjacent to an activating group) is 1. The van der Waals surface area contributed by atoms with Gasteiger partial charge < -0.3 is 25.6 Å². The topological polar surface area (TPSA) is 78.0 Å². The Morgan fingerprint density at radius 2 is 1.84 bits per heavy atom. The summed E-state index contributed by atoms with van der Waals surface area (Å²) in [6.07, 6.45) is 0. The summed E-state index contributed by atoms with van der Waals surface area (Å²) < 4.78 is 5.69. The van der Waals surface area contributed by atoms with Crippen LogP contribution in [0.1, 0.15) is 35.3 Å². The first-order valence-electron chi connectivity index (χ1n) is 10.8. The predicted octanol–water partition coefficient (Wildman–Crippen LogP) is 2.63. The van der Waals surface area contributed by atoms with Crippen LogP contribution in [0, 0.1) is 0 Å². The van der Waals surface area contributed by atoms with E-state index in [9.17, 15) is 4.79 Å². The van der Waals surface area contributed by atoms with Gasteiger partial charge in [0, 0.05) is 37.3 Å². The number of nitrogens with zero attached hydrogens (tertiary/aromatic N) is 2. The fraction of sp³-hybridized carbons (Fsp3) is 0.417. The van der Waals surface area contributed by atoms with Gasteiger partial charge in [-0.3, -0.25) is 4.79 Å². The maximum absolute atomic E-state index is 12.4. The lowest BCUT2D eigenvalue weighted by molar-refractivity contribution is 0.0951. The van der Waals surface area contributed by atoms with Crippen LogP contribution in [0.2, 0.25) is 0 Å². The van der Waals surface area contributed by atoms with Gasteiger partial charge >= 0.3 is 0 Å². The van der Waals surface area contributed by atoms with Crippen molar-refractivity contribution in [2.24, 2.45) is 4.99 Å². The van der Waals surface area contributed by atoms with Gasteiger partial charge in [-0.2, -0.15) is 0 Å². The second kappa shape index (κ2) is 13.3. The van der Waals surface area contributed by atoms with Gasteiger partial charge in [-0.05, 0) is 51.7 Å². The van der Waals surface area contributed by atoms with E-state index in [1.54, 1.807) is 0 Å². The van der Waals surface area contributed by atoms with Crippen molar-refractivity contribution in [3.05, 3.63) is 65.2 Å². The number of para-hydroxylation sites is 1. The van der Waals surface area contributed by atoms with Crippen LogP contribution in [-0.4, -0.2) is 57.1 Å². The van der Waals surface area contributed by atoms with E-state index in [4.69, 9.17) is 4.74 Å². The fourth-order valence-electron chi connectivity index (χ4n) is 2.94. The predicted molar refractivity (Wildman–Crippen MR) is 127 cm³/mol. The zero-order valence-corrected chi connectivity index (χ0v) is 19.1. The highest BCUT2D eigenvalue weighted by Gasteiger charge is 2.07. The summed E-state index contributed by atoms with van der Waals surface area (Å²) >= 11 is 0. The van der Waals surface area contributed by atoms with Crippen molar-refractivity contribution in [2.75, 3.05) is 40.3 Å². The zero-order valence-electron chi connectivity index (χ0n) is 19.1. The minimum atomic E-state index is -0.0646. The van der Waals surface area contributed by atoms with Crippen LogP contribution >= 0.6 is 0 Å². The van der Waals surface area contributed by atoms with E-state index in [-0.39, 0.29) is 5.91 Å². The van der Waals surface area contributed by atoms with Crippen LogP contribution in [0.4, 0.5) is 0 Å². The Morgan fingerprint density at radius 1 is 1.03 bits per heavy atom. The Balaban J connectivity index is 1.99. The lowest BCUT2D eigenvalue weighted by Crippen LogP contribution is -2.36. The second-order valence-electron chi connectivity index (χ2n) is 7.35. The third-order valence-corrected chi connectivity index (χ3v) is 4.52. The Morgan fingerprint density at radius 3 is 2.58 bits per heavy atom. The molecule has 31 heavy (non-hydrogen) atoms. The number of ether oxygens (including phenoxy) is 1. The largest absolute Gasteiger partial charge is 0.494 e. The van der Waals surface area contributed by atoms with Crippen molar-refractivity contribution in [1.29, 1.82) is 0 Å². The number of benzene rings is 2. The van der Waals surface area contributed by atoms with Crippen LogP contribution in [0.15, 0.2) is 53.5 Å². The highest BCUT2D eigenvalue weighted by Crippen LogP contribution is 2.17. The smallest absolute Gasteiger partial charge is 0.251 e. The standard InChI is InChI=1S/C24H35N5O2/c1-5-25-24(28-18-21-11-7-8-13-22(21)31-6-2)27-17-19-10-9-12-20(16-19)23(30)26-14-15-29(3)4/h7-13,16H,5-6,14-15,17-18H2,1-4H3,(H,26,30)(H2,25,27,28). The van der Waals surface area contributed by atoms with Gasteiger partial charge in [-0.15, -0.1) is 0 Å². The number of aliphatic imine (C=N–C) groups is 1. The summed E-state index contributed by atoms with van der Waals surface area (Å²) in [5.41, 5.74) is 2.70. The average molecular weight is 426 g/mol. The molecule has 1 amide bonds. The van der Waals surface area contributed by atoms with E-state index in [1.807, 2.05) is 81.4 Å². The van der Waals surface area contributed by atoms with Gasteiger partial charge in [-0.25, -0.2) is 4.99 Å². The minimum Gasteiger partial charge on any atom is -0.494 e. The van der Waals surface area contributed by atoms with Gasteiger partial charge in [0.15, 0.2) is 5.96 Å². The molecule has 0 aromatic heterocycles. The summed E-state index contributed by atoms with van der Waals surface area (Å²) in [4.78, 5) is 19.1. The third kappa shape index (κ3) is 8.68. The van der Waals surface area contributed by atoms with Crippen molar-refractivity contribution in [2.45, 2.75) is 26.9 Å². The van der Waals surface area contributed by atoms with E-state index >= 15 is 0 Å². The summed E-state index contributed by atoms with van der Waals surface area (Å²) in [5.74, 6) is 1.53. The van der Waals surface area contributed by atoms with E-state index in [0.29, 0.717) is 31.8 Å². The molecule has 2 aromatic rings. The molecular formula is C24H35N5O2. The van der Waals surface area contributed by atoms with E-state index in [1.165, 1.54) is 0 Å². The van der Waals surface area contributed by atoms with Gasteiger partial charge in [-0.1, -0.05) is 30.3 Å². The van der Waals surface area contributed by atoms with Crippen LogP contribution in [0.25, 0.3) is 0 Å². The van der Waals surface area contributed by atoms with E-state index in [0.717, 1.165) is 35.9 Å². The monoisotopic (exact) mass is 425 g/mol. The second-order valence-corrected chi connectivity index (χ2v) is 7.35. The van der Waals surface area contributed by atoms with Gasteiger partial charge in [0.1, 0.15) is 5.75 Å². The maximum Gasteiger partial charge on any atom is 0.251 e. The summed E-state index contributed by atoms with van der Waals surface area (Å²) in [5, 5.41) is 9.57. The molecular weight excluding hydrogens is 390 g/mol. The number of rotatable bonds is 11. The molecule has 0 atom stereocenters. The maximum atomic E-state index is 12.4. The first-order chi connectivity index (χ1) is 15.0. The number of hydrogen-bond acceptors (Lipinski definition) is 4.